The molecule has 5 nitrogen and oxygen atoms in total. The Morgan fingerprint density at radius 3 is 2.77 bits per heavy atom. The van der Waals surface area contributed by atoms with Gasteiger partial charge in [-0.1, -0.05) is 19.1 Å². The summed E-state index contributed by atoms with van der Waals surface area (Å²) in [6.45, 7) is 1.81. The van der Waals surface area contributed by atoms with Crippen LogP contribution in [0.2, 0.25) is 0 Å². The van der Waals surface area contributed by atoms with Crippen LogP contribution >= 0.6 is 11.8 Å². The molecule has 0 saturated carbocycles. The molecule has 3 rings (SSSR count). The average molecular weight is 319 g/mol. The van der Waals surface area contributed by atoms with Gasteiger partial charge in [0, 0.05) is 0 Å². The molecule has 0 aliphatic carbocycles. The number of aromatic nitrogens is 5. The summed E-state index contributed by atoms with van der Waals surface area (Å²) in [5, 5.41) is 7.01. The number of H-pyrrole nitrogens is 1. The van der Waals surface area contributed by atoms with E-state index in [1.54, 1.807) is 18.2 Å². The van der Waals surface area contributed by atoms with Crippen LogP contribution in [0.3, 0.4) is 0 Å². The molecular formula is C14H11F2N5S. The van der Waals surface area contributed by atoms with Gasteiger partial charge in [0.15, 0.2) is 11.6 Å². The van der Waals surface area contributed by atoms with Crippen molar-refractivity contribution in [3.63, 3.8) is 0 Å². The number of benzene rings is 1. The molecule has 1 aromatic carbocycles. The van der Waals surface area contributed by atoms with Gasteiger partial charge in [-0.3, -0.25) is 5.10 Å². The second kappa shape index (κ2) is 6.18. The Kier molecular flexibility index (Phi) is 4.10. The first-order valence-corrected chi connectivity index (χ1v) is 7.35. The first kappa shape index (κ1) is 14.6. The minimum atomic E-state index is -0.479. The lowest BCUT2D eigenvalue weighted by atomic mass is 10.2. The second-order valence-electron chi connectivity index (χ2n) is 4.34. The lowest BCUT2D eigenvalue weighted by molar-refractivity contribution is 0.559. The molecule has 2 heterocycles. The summed E-state index contributed by atoms with van der Waals surface area (Å²) in [7, 11) is 0. The van der Waals surface area contributed by atoms with E-state index in [9.17, 15) is 8.78 Å². The van der Waals surface area contributed by atoms with Crippen LogP contribution in [0.1, 0.15) is 12.6 Å². The van der Waals surface area contributed by atoms with Crippen LogP contribution in [0, 0.1) is 11.6 Å². The molecule has 1 N–H and O–H groups in total. The van der Waals surface area contributed by atoms with Crippen LogP contribution in [-0.2, 0) is 6.42 Å². The highest BCUT2D eigenvalue weighted by atomic mass is 32.2. The summed E-state index contributed by atoms with van der Waals surface area (Å²) in [6.07, 6.45) is 1.77. The highest BCUT2D eigenvalue weighted by molar-refractivity contribution is 7.99. The Morgan fingerprint density at radius 2 is 2.00 bits per heavy atom. The normalized spacial score (nSPS) is 10.9. The minimum Gasteiger partial charge on any atom is -0.258 e. The van der Waals surface area contributed by atoms with Gasteiger partial charge in [0.25, 0.3) is 0 Å². The Morgan fingerprint density at radius 1 is 1.18 bits per heavy atom. The Labute approximate surface area is 129 Å². The van der Waals surface area contributed by atoms with Crippen LogP contribution in [0.4, 0.5) is 8.78 Å². The number of aromatic amines is 1. The smallest absolute Gasteiger partial charge is 0.215 e. The van der Waals surface area contributed by atoms with E-state index in [0.717, 1.165) is 11.8 Å². The van der Waals surface area contributed by atoms with E-state index in [-0.39, 0.29) is 16.0 Å². The first-order valence-electron chi connectivity index (χ1n) is 6.53. The summed E-state index contributed by atoms with van der Waals surface area (Å²) >= 11 is 0.963. The first-order chi connectivity index (χ1) is 10.7. The molecule has 0 amide bonds. The van der Waals surface area contributed by atoms with Gasteiger partial charge in [-0.25, -0.2) is 23.7 Å². The Bertz CT molecular complexity index is 805. The van der Waals surface area contributed by atoms with Crippen molar-refractivity contribution < 1.29 is 8.78 Å². The van der Waals surface area contributed by atoms with Crippen molar-refractivity contribution in [2.24, 2.45) is 0 Å². The van der Waals surface area contributed by atoms with Crippen molar-refractivity contribution in [2.75, 3.05) is 0 Å². The number of halogens is 2. The lowest BCUT2D eigenvalue weighted by Gasteiger charge is -2.01. The van der Waals surface area contributed by atoms with Gasteiger partial charge >= 0.3 is 0 Å². The molecule has 0 fully saturated rings. The molecule has 0 atom stereocenters. The molecule has 2 aromatic heterocycles. The molecule has 0 aliphatic heterocycles. The summed E-state index contributed by atoms with van der Waals surface area (Å²) in [5.74, 6) is -0.602. The van der Waals surface area contributed by atoms with Gasteiger partial charge in [-0.05, 0) is 30.3 Å². The van der Waals surface area contributed by atoms with E-state index in [0.29, 0.717) is 17.7 Å². The van der Waals surface area contributed by atoms with E-state index in [1.807, 2.05) is 6.92 Å². The van der Waals surface area contributed by atoms with Gasteiger partial charge in [0.1, 0.15) is 17.2 Å². The summed E-state index contributed by atoms with van der Waals surface area (Å²) in [5.41, 5.74) is 0.640. The van der Waals surface area contributed by atoms with Crippen LogP contribution in [-0.4, -0.2) is 25.1 Å². The monoisotopic (exact) mass is 319 g/mol. The van der Waals surface area contributed by atoms with E-state index in [2.05, 4.69) is 25.1 Å². The molecule has 112 valence electrons. The standard InChI is InChI=1S/C14H11F2N5S/c1-2-10-11(16)13(18-7-17-10)22-14-19-12(20-21-14)8-5-3-4-6-9(8)15/h3-7H,2H2,1H3,(H,19,20,21). The number of hydrogen-bond donors (Lipinski definition) is 1. The van der Waals surface area contributed by atoms with Crippen LogP contribution in [0.15, 0.2) is 40.8 Å². The third-order valence-corrected chi connectivity index (χ3v) is 3.79. The maximum atomic E-state index is 14.1. The van der Waals surface area contributed by atoms with Crippen LogP contribution in [0.5, 0.6) is 0 Å². The minimum absolute atomic E-state index is 0.144. The molecule has 3 aromatic rings. The lowest BCUT2D eigenvalue weighted by Crippen LogP contribution is -1.97. The maximum Gasteiger partial charge on any atom is 0.215 e. The Balaban J connectivity index is 1.88. The van der Waals surface area contributed by atoms with E-state index in [1.165, 1.54) is 12.4 Å². The van der Waals surface area contributed by atoms with Crippen LogP contribution < -0.4 is 0 Å². The summed E-state index contributed by atoms with van der Waals surface area (Å²) in [6, 6.07) is 6.21. The number of nitrogens with zero attached hydrogens (tertiary/aromatic N) is 4. The van der Waals surface area contributed by atoms with Crippen molar-refractivity contribution in [1.82, 2.24) is 25.1 Å². The van der Waals surface area contributed by atoms with Crippen molar-refractivity contribution in [3.05, 3.63) is 47.9 Å². The van der Waals surface area contributed by atoms with Gasteiger partial charge in [0.05, 0.1) is 11.3 Å². The summed E-state index contributed by atoms with van der Waals surface area (Å²) < 4.78 is 27.8. The maximum absolute atomic E-state index is 14.1. The van der Waals surface area contributed by atoms with E-state index >= 15 is 0 Å². The highest BCUT2D eigenvalue weighted by Gasteiger charge is 2.15. The number of hydrogen-bond acceptors (Lipinski definition) is 5. The fourth-order valence-electron chi connectivity index (χ4n) is 1.86. The highest BCUT2D eigenvalue weighted by Crippen LogP contribution is 2.28. The molecule has 8 heteroatoms. The zero-order chi connectivity index (χ0) is 15.5. The molecule has 22 heavy (non-hydrogen) atoms. The average Bonchev–Trinajstić information content (AvgIpc) is 2.98. The van der Waals surface area contributed by atoms with Crippen molar-refractivity contribution >= 4 is 11.8 Å². The van der Waals surface area contributed by atoms with Gasteiger partial charge < -0.3 is 0 Å². The van der Waals surface area contributed by atoms with Crippen molar-refractivity contribution in [2.45, 2.75) is 23.5 Å². The zero-order valence-corrected chi connectivity index (χ0v) is 12.4. The zero-order valence-electron chi connectivity index (χ0n) is 11.5. The van der Waals surface area contributed by atoms with Gasteiger partial charge in [0.2, 0.25) is 5.16 Å². The van der Waals surface area contributed by atoms with Crippen LogP contribution in [0.25, 0.3) is 11.4 Å². The second-order valence-corrected chi connectivity index (χ2v) is 5.30. The fraction of sp³-hybridized carbons (Fsp3) is 0.143. The third-order valence-electron chi connectivity index (χ3n) is 2.95. The molecular weight excluding hydrogens is 308 g/mol. The van der Waals surface area contributed by atoms with Gasteiger partial charge in [-0.2, -0.15) is 0 Å². The number of rotatable bonds is 4. The topological polar surface area (TPSA) is 67.3 Å². The molecule has 0 saturated heterocycles. The fourth-order valence-corrected chi connectivity index (χ4v) is 2.57. The quantitative estimate of drug-likeness (QED) is 0.748. The van der Waals surface area contributed by atoms with E-state index in [4.69, 9.17) is 0 Å². The largest absolute Gasteiger partial charge is 0.258 e. The van der Waals surface area contributed by atoms with E-state index < -0.39 is 11.6 Å². The molecule has 0 aliphatic rings. The molecule has 0 radical (unpaired) electrons. The predicted octanol–water partition coefficient (Wildman–Crippen LogP) is 3.25. The number of aryl methyl sites for hydroxylation is 1. The van der Waals surface area contributed by atoms with Crippen molar-refractivity contribution in [3.8, 4) is 11.4 Å². The van der Waals surface area contributed by atoms with Gasteiger partial charge in [-0.15, -0.1) is 5.10 Å². The predicted molar refractivity (Wildman–Crippen MR) is 77.3 cm³/mol. The molecule has 0 spiro atoms. The third kappa shape index (κ3) is 2.82. The molecule has 0 unspecified atom stereocenters. The summed E-state index contributed by atoms with van der Waals surface area (Å²) in [4.78, 5) is 11.9. The number of nitrogens with one attached hydrogen (secondary N) is 1. The molecule has 0 bridgehead atoms. The van der Waals surface area contributed by atoms with Crippen molar-refractivity contribution in [1.29, 1.82) is 0 Å². The Hall–Kier alpha value is -2.35. The SMILES string of the molecule is CCc1ncnc(Sc2n[nH]c(-c3ccccc3F)n2)c1F.